The van der Waals surface area contributed by atoms with Gasteiger partial charge in [0.25, 0.3) is 5.91 Å². The number of ether oxygens (including phenoxy) is 2. The third kappa shape index (κ3) is 3.36. The number of amides is 1. The van der Waals surface area contributed by atoms with E-state index in [-0.39, 0.29) is 12.6 Å². The van der Waals surface area contributed by atoms with Crippen molar-refractivity contribution in [1.29, 1.82) is 0 Å². The number of rotatable bonds is 4. The topological polar surface area (TPSA) is 86.5 Å². The van der Waals surface area contributed by atoms with Crippen molar-refractivity contribution in [3.05, 3.63) is 48.5 Å². The molecule has 1 N–H and O–H groups in total. The first-order valence-electron chi connectivity index (χ1n) is 7.90. The lowest BCUT2D eigenvalue weighted by molar-refractivity contribution is -0.125. The quantitative estimate of drug-likeness (QED) is 0.707. The first kappa shape index (κ1) is 16.5. The van der Waals surface area contributed by atoms with Crippen molar-refractivity contribution in [2.75, 3.05) is 18.2 Å². The molecule has 1 atom stereocenters. The second kappa shape index (κ2) is 7.09. The number of anilines is 1. The van der Waals surface area contributed by atoms with E-state index < -0.39 is 12.0 Å². The number of hydrogen-bond acceptors (Lipinski definition) is 7. The molecule has 8 heteroatoms. The van der Waals surface area contributed by atoms with E-state index >= 15 is 0 Å². The molecule has 0 bridgehead atoms. The van der Waals surface area contributed by atoms with Crippen molar-refractivity contribution < 1.29 is 18.7 Å². The normalized spacial score (nSPS) is 15.5. The Balaban J connectivity index is 1.43. The molecule has 0 spiro atoms. The fourth-order valence-electron chi connectivity index (χ4n) is 2.46. The molecule has 0 unspecified atom stereocenters. The molecular weight excluding hydrogens is 354 g/mol. The minimum atomic E-state index is -0.791. The van der Waals surface area contributed by atoms with E-state index in [0.717, 1.165) is 10.5 Å². The maximum atomic E-state index is 12.4. The average molecular weight is 369 g/mol. The Morgan fingerprint density at radius 1 is 1.12 bits per heavy atom. The maximum Gasteiger partial charge on any atom is 0.322 e. The van der Waals surface area contributed by atoms with Gasteiger partial charge in [0.05, 0.1) is 0 Å². The van der Waals surface area contributed by atoms with Gasteiger partial charge in [-0.15, -0.1) is 16.9 Å². The number of aromatic nitrogens is 2. The number of carbonyl (C=O) groups excluding carboxylic acids is 1. The van der Waals surface area contributed by atoms with E-state index in [1.165, 1.54) is 0 Å². The standard InChI is InChI=1S/C18H15N3O4S/c1-26-12-8-6-11(7-9-12)17-20-21-18(25-17)19-16(22)15-10-23-13-4-2-3-5-14(13)24-15/h2-9,15H,10H2,1H3,(H,19,21,22)/t15-/m1/s1. The molecule has 0 radical (unpaired) electrons. The molecule has 0 fully saturated rings. The first-order chi connectivity index (χ1) is 12.7. The van der Waals surface area contributed by atoms with Crippen molar-refractivity contribution in [2.45, 2.75) is 11.0 Å². The number of hydrogen-bond donors (Lipinski definition) is 1. The number of thioether (sulfide) groups is 1. The van der Waals surface area contributed by atoms with Crippen LogP contribution in [-0.2, 0) is 4.79 Å². The van der Waals surface area contributed by atoms with Crippen LogP contribution in [-0.4, -0.2) is 35.1 Å². The minimum Gasteiger partial charge on any atom is -0.485 e. The average Bonchev–Trinajstić information content (AvgIpc) is 3.16. The van der Waals surface area contributed by atoms with Gasteiger partial charge in [0, 0.05) is 10.5 Å². The second-order valence-corrected chi connectivity index (χ2v) is 6.37. The van der Waals surface area contributed by atoms with Gasteiger partial charge in [-0.3, -0.25) is 10.1 Å². The minimum absolute atomic E-state index is 0.0152. The van der Waals surface area contributed by atoms with Gasteiger partial charge in [0.2, 0.25) is 12.0 Å². The van der Waals surface area contributed by atoms with Crippen LogP contribution < -0.4 is 14.8 Å². The van der Waals surface area contributed by atoms with Crippen molar-refractivity contribution in [2.24, 2.45) is 0 Å². The number of nitrogens with zero attached hydrogens (tertiary/aromatic N) is 2. The predicted octanol–water partition coefficient (Wildman–Crippen LogP) is 3.24. The number of carbonyl (C=O) groups is 1. The Morgan fingerprint density at radius 3 is 2.65 bits per heavy atom. The summed E-state index contributed by atoms with van der Waals surface area (Å²) < 4.78 is 16.7. The summed E-state index contributed by atoms with van der Waals surface area (Å²) in [5.41, 5.74) is 0.780. The number of benzene rings is 2. The molecule has 3 aromatic rings. The zero-order valence-electron chi connectivity index (χ0n) is 13.8. The fourth-order valence-corrected chi connectivity index (χ4v) is 2.87. The lowest BCUT2D eigenvalue weighted by atomic mass is 10.2. The van der Waals surface area contributed by atoms with Crippen LogP contribution in [0.1, 0.15) is 0 Å². The SMILES string of the molecule is CSc1ccc(-c2nnc(NC(=O)[C@H]3COc4ccccc4O3)o2)cc1. The van der Waals surface area contributed by atoms with Gasteiger partial charge in [0.15, 0.2) is 11.5 Å². The molecule has 4 rings (SSSR count). The summed E-state index contributed by atoms with van der Waals surface area (Å²) in [6.45, 7) is 0.111. The predicted molar refractivity (Wildman–Crippen MR) is 96.5 cm³/mol. The van der Waals surface area contributed by atoms with Crippen molar-refractivity contribution in [1.82, 2.24) is 10.2 Å². The van der Waals surface area contributed by atoms with Crippen LogP contribution in [0.3, 0.4) is 0 Å². The maximum absolute atomic E-state index is 12.4. The van der Waals surface area contributed by atoms with Crippen LogP contribution in [0, 0.1) is 0 Å². The summed E-state index contributed by atoms with van der Waals surface area (Å²) in [7, 11) is 0. The third-order valence-electron chi connectivity index (χ3n) is 3.79. The summed E-state index contributed by atoms with van der Waals surface area (Å²) in [6, 6.07) is 14.9. The highest BCUT2D eigenvalue weighted by molar-refractivity contribution is 7.98. The van der Waals surface area contributed by atoms with Crippen LogP contribution >= 0.6 is 11.8 Å². The third-order valence-corrected chi connectivity index (χ3v) is 4.54. The van der Waals surface area contributed by atoms with Gasteiger partial charge < -0.3 is 13.9 Å². The molecule has 132 valence electrons. The van der Waals surface area contributed by atoms with Crippen LogP contribution in [0.25, 0.3) is 11.5 Å². The molecule has 0 aliphatic carbocycles. The highest BCUT2D eigenvalue weighted by Gasteiger charge is 2.28. The van der Waals surface area contributed by atoms with Crippen LogP contribution in [0.5, 0.6) is 11.5 Å². The molecule has 1 aliphatic heterocycles. The summed E-state index contributed by atoms with van der Waals surface area (Å²) in [5, 5.41) is 10.4. The Labute approximate surface area is 153 Å². The van der Waals surface area contributed by atoms with E-state index in [4.69, 9.17) is 13.9 Å². The molecule has 7 nitrogen and oxygen atoms in total. The summed E-state index contributed by atoms with van der Waals surface area (Å²) >= 11 is 1.65. The molecule has 2 aromatic carbocycles. The van der Waals surface area contributed by atoms with Crippen LogP contribution in [0.2, 0.25) is 0 Å². The first-order valence-corrected chi connectivity index (χ1v) is 9.12. The van der Waals surface area contributed by atoms with Crippen molar-refractivity contribution in [3.8, 4) is 23.0 Å². The fraction of sp³-hybridized carbons (Fsp3) is 0.167. The summed E-state index contributed by atoms with van der Waals surface area (Å²) in [6.07, 6.45) is 1.21. The van der Waals surface area contributed by atoms with E-state index in [9.17, 15) is 4.79 Å². The van der Waals surface area contributed by atoms with Gasteiger partial charge in [0.1, 0.15) is 6.61 Å². The highest BCUT2D eigenvalue weighted by Crippen LogP contribution is 2.31. The number of para-hydroxylation sites is 2. The van der Waals surface area contributed by atoms with Crippen LogP contribution in [0.4, 0.5) is 6.01 Å². The molecular formula is C18H15N3O4S. The Morgan fingerprint density at radius 2 is 1.88 bits per heavy atom. The Bertz CT molecular complexity index is 926. The van der Waals surface area contributed by atoms with Gasteiger partial charge in [-0.1, -0.05) is 17.2 Å². The summed E-state index contributed by atoms with van der Waals surface area (Å²) in [4.78, 5) is 13.5. The lowest BCUT2D eigenvalue weighted by Gasteiger charge is -2.24. The van der Waals surface area contributed by atoms with Crippen molar-refractivity contribution >= 4 is 23.7 Å². The zero-order valence-corrected chi connectivity index (χ0v) is 14.7. The monoisotopic (exact) mass is 369 g/mol. The summed E-state index contributed by atoms with van der Waals surface area (Å²) in [5.74, 6) is 1.07. The largest absolute Gasteiger partial charge is 0.485 e. The Kier molecular flexibility index (Phi) is 4.49. The van der Waals surface area contributed by atoms with Gasteiger partial charge >= 0.3 is 6.01 Å². The van der Waals surface area contributed by atoms with Gasteiger partial charge in [-0.05, 0) is 42.7 Å². The smallest absolute Gasteiger partial charge is 0.322 e. The van der Waals surface area contributed by atoms with Crippen molar-refractivity contribution in [3.63, 3.8) is 0 Å². The molecule has 0 saturated heterocycles. The lowest BCUT2D eigenvalue weighted by Crippen LogP contribution is -2.40. The highest BCUT2D eigenvalue weighted by atomic mass is 32.2. The zero-order chi connectivity index (χ0) is 17.9. The van der Waals surface area contributed by atoms with Crippen LogP contribution in [0.15, 0.2) is 57.8 Å². The molecule has 1 amide bonds. The second-order valence-electron chi connectivity index (χ2n) is 5.49. The van der Waals surface area contributed by atoms with E-state index in [1.54, 1.807) is 23.9 Å². The van der Waals surface area contributed by atoms with Gasteiger partial charge in [-0.25, -0.2) is 0 Å². The molecule has 26 heavy (non-hydrogen) atoms. The molecule has 1 aromatic heterocycles. The van der Waals surface area contributed by atoms with E-state index in [2.05, 4.69) is 15.5 Å². The molecule has 0 saturated carbocycles. The molecule has 2 heterocycles. The molecule has 1 aliphatic rings. The number of nitrogens with one attached hydrogen (secondary N) is 1. The van der Waals surface area contributed by atoms with Gasteiger partial charge in [-0.2, -0.15) is 0 Å². The van der Waals surface area contributed by atoms with E-state index in [0.29, 0.717) is 17.4 Å². The Hall–Kier alpha value is -3.00. The number of fused-ring (bicyclic) bond motifs is 1. The van der Waals surface area contributed by atoms with E-state index in [1.807, 2.05) is 42.7 Å².